The lowest BCUT2D eigenvalue weighted by Crippen LogP contribution is -2.27. The Morgan fingerprint density at radius 2 is 2.12 bits per heavy atom. The third-order valence-corrected chi connectivity index (χ3v) is 3.70. The lowest BCUT2D eigenvalue weighted by molar-refractivity contribution is 0.453. The molecule has 4 heteroatoms. The van der Waals surface area contributed by atoms with Crippen molar-refractivity contribution in [2.24, 2.45) is 5.92 Å². The highest BCUT2D eigenvalue weighted by Crippen LogP contribution is 2.26. The van der Waals surface area contributed by atoms with E-state index in [4.69, 9.17) is 11.6 Å². The second kappa shape index (κ2) is 5.67. The van der Waals surface area contributed by atoms with Crippen molar-refractivity contribution in [3.05, 3.63) is 23.1 Å². The van der Waals surface area contributed by atoms with Crippen LogP contribution in [0.3, 0.4) is 0 Å². The number of anilines is 1. The number of rotatable bonds is 2. The SMILES string of the molecule is CC1CCCCCC1Nc1ncc(Cl)cc1F. The topological polar surface area (TPSA) is 24.9 Å². The van der Waals surface area contributed by atoms with Crippen LogP contribution in [0.2, 0.25) is 5.02 Å². The largest absolute Gasteiger partial charge is 0.365 e. The normalized spacial score (nSPS) is 25.4. The average molecular weight is 257 g/mol. The van der Waals surface area contributed by atoms with E-state index in [0.29, 0.717) is 22.8 Å². The summed E-state index contributed by atoms with van der Waals surface area (Å²) >= 11 is 5.68. The van der Waals surface area contributed by atoms with Gasteiger partial charge < -0.3 is 5.32 Å². The molecule has 0 bridgehead atoms. The predicted octanol–water partition coefficient (Wildman–Crippen LogP) is 4.25. The van der Waals surface area contributed by atoms with Gasteiger partial charge in [0.1, 0.15) is 0 Å². The molecule has 1 aromatic heterocycles. The summed E-state index contributed by atoms with van der Waals surface area (Å²) in [5.41, 5.74) is 0. The molecule has 0 saturated heterocycles. The molecule has 94 valence electrons. The van der Waals surface area contributed by atoms with Crippen molar-refractivity contribution in [1.82, 2.24) is 4.98 Å². The van der Waals surface area contributed by atoms with E-state index in [1.165, 1.54) is 37.9 Å². The molecule has 0 spiro atoms. The smallest absolute Gasteiger partial charge is 0.166 e. The summed E-state index contributed by atoms with van der Waals surface area (Å²) in [6, 6.07) is 1.62. The number of pyridine rings is 1. The van der Waals surface area contributed by atoms with Crippen LogP contribution < -0.4 is 5.32 Å². The number of hydrogen-bond acceptors (Lipinski definition) is 2. The summed E-state index contributed by atoms with van der Waals surface area (Å²) < 4.78 is 13.6. The molecule has 1 N–H and O–H groups in total. The van der Waals surface area contributed by atoms with E-state index in [9.17, 15) is 4.39 Å². The van der Waals surface area contributed by atoms with Gasteiger partial charge in [-0.15, -0.1) is 0 Å². The molecular formula is C13H18ClFN2. The van der Waals surface area contributed by atoms with Gasteiger partial charge in [-0.3, -0.25) is 0 Å². The van der Waals surface area contributed by atoms with Gasteiger partial charge in [0.25, 0.3) is 0 Å². The van der Waals surface area contributed by atoms with Gasteiger partial charge in [-0.25, -0.2) is 9.37 Å². The van der Waals surface area contributed by atoms with Crippen LogP contribution in [0.15, 0.2) is 12.3 Å². The van der Waals surface area contributed by atoms with Crippen molar-refractivity contribution in [3.8, 4) is 0 Å². The van der Waals surface area contributed by atoms with Gasteiger partial charge in [0.05, 0.1) is 5.02 Å². The Labute approximate surface area is 107 Å². The van der Waals surface area contributed by atoms with Crippen molar-refractivity contribution in [2.75, 3.05) is 5.32 Å². The van der Waals surface area contributed by atoms with Crippen LogP contribution in [0.5, 0.6) is 0 Å². The highest BCUT2D eigenvalue weighted by molar-refractivity contribution is 6.30. The molecule has 1 aromatic rings. The maximum absolute atomic E-state index is 13.6. The van der Waals surface area contributed by atoms with Crippen molar-refractivity contribution < 1.29 is 4.39 Å². The molecule has 2 nitrogen and oxygen atoms in total. The van der Waals surface area contributed by atoms with Crippen molar-refractivity contribution in [2.45, 2.75) is 45.1 Å². The van der Waals surface area contributed by atoms with Crippen LogP contribution in [0.4, 0.5) is 10.2 Å². The molecular weight excluding hydrogens is 239 g/mol. The number of nitrogens with zero attached hydrogens (tertiary/aromatic N) is 1. The Hall–Kier alpha value is -0.830. The van der Waals surface area contributed by atoms with E-state index in [2.05, 4.69) is 17.2 Å². The molecule has 1 aliphatic carbocycles. The first-order chi connectivity index (χ1) is 8.16. The highest BCUT2D eigenvalue weighted by atomic mass is 35.5. The Balaban J connectivity index is 2.08. The first-order valence-corrected chi connectivity index (χ1v) is 6.62. The van der Waals surface area contributed by atoms with Gasteiger partial charge in [0, 0.05) is 12.2 Å². The molecule has 1 aliphatic rings. The number of hydrogen-bond donors (Lipinski definition) is 1. The summed E-state index contributed by atoms with van der Waals surface area (Å²) in [4.78, 5) is 4.02. The maximum Gasteiger partial charge on any atom is 0.166 e. The first kappa shape index (κ1) is 12.6. The zero-order valence-corrected chi connectivity index (χ0v) is 10.8. The molecule has 0 aromatic carbocycles. The molecule has 2 unspecified atom stereocenters. The van der Waals surface area contributed by atoms with Gasteiger partial charge in [-0.1, -0.05) is 37.8 Å². The fraction of sp³-hybridized carbons (Fsp3) is 0.615. The maximum atomic E-state index is 13.6. The second-order valence-electron chi connectivity index (χ2n) is 4.85. The molecule has 0 aliphatic heterocycles. The molecule has 0 amide bonds. The Kier molecular flexibility index (Phi) is 4.21. The van der Waals surface area contributed by atoms with Gasteiger partial charge >= 0.3 is 0 Å². The predicted molar refractivity (Wildman–Crippen MR) is 68.9 cm³/mol. The summed E-state index contributed by atoms with van der Waals surface area (Å²) in [6.45, 7) is 2.22. The van der Waals surface area contributed by atoms with Gasteiger partial charge in [-0.05, 0) is 24.8 Å². The molecule has 1 fully saturated rings. The third kappa shape index (κ3) is 3.32. The lowest BCUT2D eigenvalue weighted by Gasteiger charge is -2.23. The third-order valence-electron chi connectivity index (χ3n) is 3.49. The van der Waals surface area contributed by atoms with E-state index in [0.717, 1.165) is 6.42 Å². The lowest BCUT2D eigenvalue weighted by atomic mass is 9.97. The number of halogens is 2. The standard InChI is InChI=1S/C13H18ClFN2/c1-9-5-3-2-4-6-12(9)17-13-11(15)7-10(14)8-16-13/h7-9,12H,2-6H2,1H3,(H,16,17). The van der Waals surface area contributed by atoms with Crippen LogP contribution in [-0.2, 0) is 0 Å². The van der Waals surface area contributed by atoms with Gasteiger partial charge in [0.2, 0.25) is 0 Å². The minimum absolute atomic E-state index is 0.320. The summed E-state index contributed by atoms with van der Waals surface area (Å²) in [5.74, 6) is 0.525. The minimum Gasteiger partial charge on any atom is -0.365 e. The van der Waals surface area contributed by atoms with Crippen molar-refractivity contribution in [3.63, 3.8) is 0 Å². The Morgan fingerprint density at radius 1 is 1.35 bits per heavy atom. The molecule has 2 atom stereocenters. The number of nitrogens with one attached hydrogen (secondary N) is 1. The Bertz CT molecular complexity index is 384. The van der Waals surface area contributed by atoms with Gasteiger partial charge in [0.15, 0.2) is 11.6 Å². The van der Waals surface area contributed by atoms with Crippen LogP contribution in [0.1, 0.15) is 39.0 Å². The number of aromatic nitrogens is 1. The van der Waals surface area contributed by atoms with Crippen LogP contribution in [-0.4, -0.2) is 11.0 Å². The van der Waals surface area contributed by atoms with E-state index < -0.39 is 0 Å². The first-order valence-electron chi connectivity index (χ1n) is 6.24. The van der Waals surface area contributed by atoms with Crippen LogP contribution in [0, 0.1) is 11.7 Å². The quantitative estimate of drug-likeness (QED) is 0.800. The fourth-order valence-electron chi connectivity index (χ4n) is 2.40. The Morgan fingerprint density at radius 3 is 2.88 bits per heavy atom. The van der Waals surface area contributed by atoms with E-state index in [1.807, 2.05) is 0 Å². The molecule has 0 radical (unpaired) electrons. The monoisotopic (exact) mass is 256 g/mol. The minimum atomic E-state index is -0.367. The highest BCUT2D eigenvalue weighted by Gasteiger charge is 2.21. The fourth-order valence-corrected chi connectivity index (χ4v) is 2.55. The zero-order valence-electron chi connectivity index (χ0n) is 10.0. The molecule has 1 saturated carbocycles. The molecule has 17 heavy (non-hydrogen) atoms. The second-order valence-corrected chi connectivity index (χ2v) is 5.29. The zero-order chi connectivity index (χ0) is 12.3. The molecule has 1 heterocycles. The van der Waals surface area contributed by atoms with Crippen LogP contribution in [0.25, 0.3) is 0 Å². The summed E-state index contributed by atoms with van der Waals surface area (Å²) in [6.07, 6.45) is 7.53. The van der Waals surface area contributed by atoms with E-state index in [-0.39, 0.29) is 5.82 Å². The molecule has 2 rings (SSSR count). The summed E-state index contributed by atoms with van der Waals surface area (Å²) in [7, 11) is 0. The van der Waals surface area contributed by atoms with E-state index in [1.54, 1.807) is 0 Å². The summed E-state index contributed by atoms with van der Waals surface area (Å²) in [5, 5.41) is 3.56. The van der Waals surface area contributed by atoms with Crippen molar-refractivity contribution in [1.29, 1.82) is 0 Å². The van der Waals surface area contributed by atoms with Crippen molar-refractivity contribution >= 4 is 17.4 Å². The average Bonchev–Trinajstić information content (AvgIpc) is 2.48. The van der Waals surface area contributed by atoms with Gasteiger partial charge in [-0.2, -0.15) is 0 Å². The van der Waals surface area contributed by atoms with E-state index >= 15 is 0 Å². The van der Waals surface area contributed by atoms with Crippen LogP contribution >= 0.6 is 11.6 Å².